The number of imidazole rings is 1. The molecule has 4 aromatic rings. The predicted octanol–water partition coefficient (Wildman–Crippen LogP) is 3.41. The Morgan fingerprint density at radius 1 is 1.21 bits per heavy atom. The average molecular weight is 394 g/mol. The molecule has 1 N–H and O–H groups in total. The summed E-state index contributed by atoms with van der Waals surface area (Å²) in [5, 5.41) is 8.10. The number of carbonyl (C=O) groups is 1. The zero-order valence-electron chi connectivity index (χ0n) is 15.2. The molecule has 0 aliphatic heterocycles. The number of nitrogens with one attached hydrogen (secondary N) is 1. The molecule has 4 rings (SSSR count). The number of carbonyl (C=O) groups excluding carboxylic acids is 1. The number of methoxy groups -OCH3 is 1. The zero-order valence-corrected chi connectivity index (χ0v) is 16.0. The predicted molar refractivity (Wildman–Crippen MR) is 106 cm³/mol. The van der Waals surface area contributed by atoms with Gasteiger partial charge in [0.2, 0.25) is 5.91 Å². The van der Waals surface area contributed by atoms with Gasteiger partial charge in [0.05, 0.1) is 37.6 Å². The van der Waals surface area contributed by atoms with Gasteiger partial charge in [-0.15, -0.1) is 0 Å². The van der Waals surface area contributed by atoms with Crippen LogP contribution in [0.1, 0.15) is 5.76 Å². The van der Waals surface area contributed by atoms with Gasteiger partial charge in [-0.25, -0.2) is 9.50 Å². The van der Waals surface area contributed by atoms with Crippen molar-refractivity contribution >= 4 is 23.3 Å². The standard InChI is InChI=1S/C20H18N4O3S/c1-26-15-6-4-14(5-7-15)17-12-24-18(22-17)8-9-20(23-24)28-13-19(25)21-11-16-3-2-10-27-16/h2-10,12H,11,13H2,1H3,(H,21,25). The van der Waals surface area contributed by atoms with Crippen LogP contribution in [0.2, 0.25) is 0 Å². The molecule has 1 amide bonds. The lowest BCUT2D eigenvalue weighted by molar-refractivity contribution is -0.118. The van der Waals surface area contributed by atoms with Gasteiger partial charge < -0.3 is 14.5 Å². The summed E-state index contributed by atoms with van der Waals surface area (Å²) in [6, 6.07) is 15.1. The van der Waals surface area contributed by atoms with E-state index in [1.54, 1.807) is 24.0 Å². The van der Waals surface area contributed by atoms with Crippen molar-refractivity contribution in [3.8, 4) is 17.0 Å². The number of thioether (sulfide) groups is 1. The Morgan fingerprint density at radius 2 is 2.07 bits per heavy atom. The molecule has 3 heterocycles. The number of hydrogen-bond donors (Lipinski definition) is 1. The summed E-state index contributed by atoms with van der Waals surface area (Å²) >= 11 is 1.37. The fraction of sp³-hybridized carbons (Fsp3) is 0.150. The summed E-state index contributed by atoms with van der Waals surface area (Å²) in [5.41, 5.74) is 2.56. The fourth-order valence-corrected chi connectivity index (χ4v) is 3.32. The third-order valence-electron chi connectivity index (χ3n) is 4.07. The molecule has 0 atom stereocenters. The first-order valence-corrected chi connectivity index (χ1v) is 9.62. The van der Waals surface area contributed by atoms with Crippen LogP contribution in [0.5, 0.6) is 5.75 Å². The average Bonchev–Trinajstić information content (AvgIpc) is 3.40. The van der Waals surface area contributed by atoms with Gasteiger partial charge in [0.15, 0.2) is 5.65 Å². The minimum atomic E-state index is -0.0761. The molecule has 28 heavy (non-hydrogen) atoms. The van der Waals surface area contributed by atoms with E-state index in [1.165, 1.54) is 11.8 Å². The first-order valence-electron chi connectivity index (χ1n) is 8.64. The van der Waals surface area contributed by atoms with Crippen molar-refractivity contribution < 1.29 is 13.9 Å². The SMILES string of the molecule is COc1ccc(-c2cn3nc(SCC(=O)NCc4ccco4)ccc3n2)cc1. The number of fused-ring (bicyclic) bond motifs is 1. The second-order valence-electron chi connectivity index (χ2n) is 5.97. The van der Waals surface area contributed by atoms with Gasteiger partial charge in [-0.3, -0.25) is 4.79 Å². The molecule has 0 aliphatic rings. The molecule has 3 aromatic heterocycles. The van der Waals surface area contributed by atoms with Crippen molar-refractivity contribution in [2.45, 2.75) is 11.6 Å². The van der Waals surface area contributed by atoms with Crippen LogP contribution in [-0.4, -0.2) is 33.4 Å². The molecule has 8 heteroatoms. The summed E-state index contributed by atoms with van der Waals surface area (Å²) in [5.74, 6) is 1.73. The molecule has 0 saturated heterocycles. The highest BCUT2D eigenvalue weighted by Crippen LogP contribution is 2.23. The maximum atomic E-state index is 12.0. The highest BCUT2D eigenvalue weighted by Gasteiger charge is 2.09. The van der Waals surface area contributed by atoms with Crippen molar-refractivity contribution in [3.05, 3.63) is 66.8 Å². The van der Waals surface area contributed by atoms with Gasteiger partial charge in [0.25, 0.3) is 0 Å². The van der Waals surface area contributed by atoms with E-state index in [0.717, 1.165) is 33.4 Å². The van der Waals surface area contributed by atoms with Crippen molar-refractivity contribution in [2.24, 2.45) is 0 Å². The summed E-state index contributed by atoms with van der Waals surface area (Å²) in [6.07, 6.45) is 3.46. The van der Waals surface area contributed by atoms with Gasteiger partial charge >= 0.3 is 0 Å². The van der Waals surface area contributed by atoms with Crippen LogP contribution < -0.4 is 10.1 Å². The Balaban J connectivity index is 1.40. The van der Waals surface area contributed by atoms with E-state index in [2.05, 4.69) is 15.4 Å². The minimum absolute atomic E-state index is 0.0761. The quantitative estimate of drug-likeness (QED) is 0.484. The third kappa shape index (κ3) is 4.17. The number of nitrogens with zero attached hydrogens (tertiary/aromatic N) is 3. The van der Waals surface area contributed by atoms with E-state index in [0.29, 0.717) is 6.54 Å². The van der Waals surface area contributed by atoms with Crippen LogP contribution >= 0.6 is 11.8 Å². The molecule has 7 nitrogen and oxygen atoms in total. The zero-order chi connectivity index (χ0) is 19.3. The van der Waals surface area contributed by atoms with E-state index in [-0.39, 0.29) is 11.7 Å². The fourth-order valence-electron chi connectivity index (χ4n) is 2.63. The first-order chi connectivity index (χ1) is 13.7. The van der Waals surface area contributed by atoms with Crippen LogP contribution in [0.15, 0.2) is 70.4 Å². The molecule has 0 bridgehead atoms. The molecule has 0 radical (unpaired) electrons. The maximum absolute atomic E-state index is 12.0. The van der Waals surface area contributed by atoms with Crippen LogP contribution in [-0.2, 0) is 11.3 Å². The Morgan fingerprint density at radius 3 is 2.82 bits per heavy atom. The molecule has 0 aliphatic carbocycles. The number of hydrogen-bond acceptors (Lipinski definition) is 6. The van der Waals surface area contributed by atoms with Gasteiger partial charge in [-0.2, -0.15) is 5.10 Å². The Labute approximate surface area is 165 Å². The normalized spacial score (nSPS) is 10.9. The van der Waals surface area contributed by atoms with E-state index >= 15 is 0 Å². The smallest absolute Gasteiger partial charge is 0.230 e. The lowest BCUT2D eigenvalue weighted by Gasteiger charge is -2.03. The largest absolute Gasteiger partial charge is 0.497 e. The van der Waals surface area contributed by atoms with Crippen LogP contribution in [0, 0.1) is 0 Å². The highest BCUT2D eigenvalue weighted by atomic mass is 32.2. The molecular weight excluding hydrogens is 376 g/mol. The Hall–Kier alpha value is -3.26. The lowest BCUT2D eigenvalue weighted by atomic mass is 10.2. The second-order valence-corrected chi connectivity index (χ2v) is 6.97. The number of furan rings is 1. The van der Waals surface area contributed by atoms with Gasteiger partial charge in [0, 0.05) is 5.56 Å². The first kappa shape index (κ1) is 18.1. The molecule has 0 saturated carbocycles. The summed E-state index contributed by atoms with van der Waals surface area (Å²) in [4.78, 5) is 16.6. The van der Waals surface area contributed by atoms with Crippen LogP contribution in [0.3, 0.4) is 0 Å². The second kappa shape index (κ2) is 8.18. The van der Waals surface area contributed by atoms with E-state index in [4.69, 9.17) is 9.15 Å². The summed E-state index contributed by atoms with van der Waals surface area (Å²) in [6.45, 7) is 0.381. The van der Waals surface area contributed by atoms with Crippen LogP contribution in [0.4, 0.5) is 0 Å². The summed E-state index contributed by atoms with van der Waals surface area (Å²) in [7, 11) is 1.64. The molecule has 0 unspecified atom stereocenters. The van der Waals surface area contributed by atoms with Gasteiger partial charge in [-0.05, 0) is 48.5 Å². The molecule has 142 valence electrons. The molecular formula is C20H18N4O3S. The molecule has 0 fully saturated rings. The number of aromatic nitrogens is 3. The number of benzene rings is 1. The Bertz CT molecular complexity index is 1070. The molecule has 1 aromatic carbocycles. The van der Waals surface area contributed by atoms with Crippen LogP contribution in [0.25, 0.3) is 16.9 Å². The topological polar surface area (TPSA) is 81.7 Å². The van der Waals surface area contributed by atoms with Crippen molar-refractivity contribution in [1.29, 1.82) is 0 Å². The Kier molecular flexibility index (Phi) is 5.29. The van der Waals surface area contributed by atoms with Gasteiger partial charge in [-0.1, -0.05) is 11.8 Å². The van der Waals surface area contributed by atoms with E-state index in [1.807, 2.05) is 48.7 Å². The molecule has 0 spiro atoms. The minimum Gasteiger partial charge on any atom is -0.497 e. The number of rotatable bonds is 7. The van der Waals surface area contributed by atoms with E-state index < -0.39 is 0 Å². The number of amides is 1. The highest BCUT2D eigenvalue weighted by molar-refractivity contribution is 7.99. The van der Waals surface area contributed by atoms with Gasteiger partial charge in [0.1, 0.15) is 16.5 Å². The summed E-state index contributed by atoms with van der Waals surface area (Å²) < 4.78 is 12.1. The van der Waals surface area contributed by atoms with Crippen molar-refractivity contribution in [3.63, 3.8) is 0 Å². The maximum Gasteiger partial charge on any atom is 0.230 e. The van der Waals surface area contributed by atoms with Crippen molar-refractivity contribution in [2.75, 3.05) is 12.9 Å². The lowest BCUT2D eigenvalue weighted by Crippen LogP contribution is -2.24. The third-order valence-corrected chi connectivity index (χ3v) is 4.99. The number of ether oxygens (including phenoxy) is 1. The monoisotopic (exact) mass is 394 g/mol. The van der Waals surface area contributed by atoms with Crippen molar-refractivity contribution in [1.82, 2.24) is 19.9 Å². The van der Waals surface area contributed by atoms with E-state index in [9.17, 15) is 4.79 Å².